The Morgan fingerprint density at radius 2 is 1.41 bits per heavy atom. The number of carbonyl (C=O) groups excluding carboxylic acids is 3. The molecule has 6 nitrogen and oxygen atoms in total. The molecule has 3 amide bonds. The molecule has 1 aliphatic heterocycles. The van der Waals surface area contributed by atoms with Gasteiger partial charge in [-0.3, -0.25) is 19.3 Å². The van der Waals surface area contributed by atoms with Crippen molar-refractivity contribution in [3.05, 3.63) is 101 Å². The third kappa shape index (κ3) is 8.86. The molecular formula is C35H43N3O3. The lowest BCUT2D eigenvalue weighted by molar-refractivity contribution is -0.144. The van der Waals surface area contributed by atoms with Crippen LogP contribution in [0.1, 0.15) is 61.3 Å². The average Bonchev–Trinajstić information content (AvgIpc) is 2.97. The third-order valence-electron chi connectivity index (χ3n) is 7.95. The number of imide groups is 1. The number of aryl methyl sites for hydroxylation is 1. The molecule has 6 heteroatoms. The van der Waals surface area contributed by atoms with E-state index in [4.69, 9.17) is 0 Å². The molecule has 0 aromatic heterocycles. The first-order valence-corrected chi connectivity index (χ1v) is 14.8. The van der Waals surface area contributed by atoms with Crippen LogP contribution in [-0.4, -0.2) is 53.7 Å². The van der Waals surface area contributed by atoms with Crippen molar-refractivity contribution in [1.82, 2.24) is 9.80 Å². The van der Waals surface area contributed by atoms with Gasteiger partial charge in [0.25, 0.3) is 0 Å². The summed E-state index contributed by atoms with van der Waals surface area (Å²) in [7, 11) is 0. The predicted molar refractivity (Wildman–Crippen MR) is 165 cm³/mol. The summed E-state index contributed by atoms with van der Waals surface area (Å²) in [5.41, 5.74) is 5.28. The number of piperidine rings is 1. The zero-order chi connectivity index (χ0) is 29.2. The van der Waals surface area contributed by atoms with Crippen LogP contribution in [0.5, 0.6) is 0 Å². The summed E-state index contributed by atoms with van der Waals surface area (Å²) >= 11 is 0. The molecule has 1 saturated heterocycles. The van der Waals surface area contributed by atoms with Gasteiger partial charge in [-0.2, -0.15) is 0 Å². The summed E-state index contributed by atoms with van der Waals surface area (Å²) in [6.07, 6.45) is 3.30. The highest BCUT2D eigenvalue weighted by Gasteiger charge is 2.25. The molecule has 1 heterocycles. The second kappa shape index (κ2) is 14.7. The maximum absolute atomic E-state index is 13.3. The van der Waals surface area contributed by atoms with E-state index in [9.17, 15) is 14.4 Å². The van der Waals surface area contributed by atoms with Crippen molar-refractivity contribution in [2.75, 3.05) is 31.5 Å². The first-order chi connectivity index (χ1) is 19.8. The van der Waals surface area contributed by atoms with Crippen LogP contribution in [0.25, 0.3) is 0 Å². The highest BCUT2D eigenvalue weighted by Crippen LogP contribution is 2.32. The number of rotatable bonds is 11. The Balaban J connectivity index is 1.32. The summed E-state index contributed by atoms with van der Waals surface area (Å²) in [4.78, 5) is 42.6. The largest absolute Gasteiger partial charge is 0.326 e. The van der Waals surface area contributed by atoms with E-state index in [1.54, 1.807) is 0 Å². The molecule has 0 unspecified atom stereocenters. The van der Waals surface area contributed by atoms with Crippen LogP contribution in [-0.2, 0) is 27.2 Å². The van der Waals surface area contributed by atoms with Gasteiger partial charge < -0.3 is 10.2 Å². The van der Waals surface area contributed by atoms with Crippen LogP contribution in [0, 0.1) is 12.8 Å². The Bertz CT molecular complexity index is 1250. The van der Waals surface area contributed by atoms with E-state index < -0.39 is 0 Å². The lowest BCUT2D eigenvalue weighted by Crippen LogP contribution is -2.41. The Kier molecular flexibility index (Phi) is 10.9. The fourth-order valence-corrected chi connectivity index (χ4v) is 5.48. The Labute approximate surface area is 244 Å². The average molecular weight is 554 g/mol. The Hall–Kier alpha value is -3.77. The number of nitrogens with zero attached hydrogens (tertiary/aromatic N) is 2. The van der Waals surface area contributed by atoms with Crippen molar-refractivity contribution in [3.8, 4) is 0 Å². The molecule has 4 rings (SSSR count). The standard InChI is InChI=1S/C35H43N3O3/c1-26(2)35(41)36-31-16-15-27(3)32(25-31)30-17-21-37(22-18-30)19-10-20-38(33(39)23-28-11-6-4-7-12-28)34(40)24-29-13-8-5-9-14-29/h4-9,11-16,25-26,30H,10,17-24H2,1-3H3,(H,36,41). The summed E-state index contributed by atoms with van der Waals surface area (Å²) < 4.78 is 0. The second-order valence-electron chi connectivity index (χ2n) is 11.4. The summed E-state index contributed by atoms with van der Waals surface area (Å²) in [6, 6.07) is 25.5. The smallest absolute Gasteiger partial charge is 0.233 e. The first kappa shape index (κ1) is 30.2. The normalized spacial score (nSPS) is 14.1. The summed E-state index contributed by atoms with van der Waals surface area (Å²) in [6.45, 7) is 9.17. The number of hydrogen-bond acceptors (Lipinski definition) is 4. The molecule has 41 heavy (non-hydrogen) atoms. The molecule has 1 fully saturated rings. The van der Waals surface area contributed by atoms with Crippen molar-refractivity contribution in [2.45, 2.75) is 58.8 Å². The van der Waals surface area contributed by atoms with Gasteiger partial charge in [-0.1, -0.05) is 80.6 Å². The lowest BCUT2D eigenvalue weighted by Gasteiger charge is -2.33. The molecule has 1 N–H and O–H groups in total. The SMILES string of the molecule is Cc1ccc(NC(=O)C(C)C)cc1C1CCN(CCCN(C(=O)Cc2ccccc2)C(=O)Cc2ccccc2)CC1. The van der Waals surface area contributed by atoms with E-state index >= 15 is 0 Å². The quantitative estimate of drug-likeness (QED) is 0.316. The van der Waals surface area contributed by atoms with Crippen molar-refractivity contribution >= 4 is 23.4 Å². The minimum atomic E-state index is -0.143. The van der Waals surface area contributed by atoms with Gasteiger partial charge in [0, 0.05) is 18.2 Å². The van der Waals surface area contributed by atoms with Crippen molar-refractivity contribution < 1.29 is 14.4 Å². The molecule has 0 bridgehead atoms. The fraction of sp³-hybridized carbons (Fsp3) is 0.400. The van der Waals surface area contributed by atoms with E-state index in [1.807, 2.05) is 80.6 Å². The Morgan fingerprint density at radius 3 is 1.95 bits per heavy atom. The van der Waals surface area contributed by atoms with Gasteiger partial charge in [-0.25, -0.2) is 0 Å². The van der Waals surface area contributed by atoms with E-state index in [-0.39, 0.29) is 36.5 Å². The van der Waals surface area contributed by atoms with Crippen LogP contribution >= 0.6 is 0 Å². The van der Waals surface area contributed by atoms with Gasteiger partial charge in [0.1, 0.15) is 0 Å². The van der Waals surface area contributed by atoms with Gasteiger partial charge in [0.15, 0.2) is 0 Å². The molecule has 3 aromatic carbocycles. The van der Waals surface area contributed by atoms with E-state index in [0.717, 1.165) is 55.7 Å². The van der Waals surface area contributed by atoms with Gasteiger partial charge in [-0.05, 0) is 86.1 Å². The van der Waals surface area contributed by atoms with Crippen LogP contribution in [0.15, 0.2) is 78.9 Å². The van der Waals surface area contributed by atoms with Crippen molar-refractivity contribution in [3.63, 3.8) is 0 Å². The maximum atomic E-state index is 13.3. The molecule has 216 valence electrons. The third-order valence-corrected chi connectivity index (χ3v) is 7.95. The first-order valence-electron chi connectivity index (χ1n) is 14.8. The number of benzene rings is 3. The zero-order valence-electron chi connectivity index (χ0n) is 24.6. The number of amides is 3. The van der Waals surface area contributed by atoms with Gasteiger partial charge in [-0.15, -0.1) is 0 Å². The number of likely N-dealkylation sites (tertiary alicyclic amines) is 1. The molecular weight excluding hydrogens is 510 g/mol. The van der Waals surface area contributed by atoms with E-state index in [1.165, 1.54) is 16.0 Å². The molecule has 0 atom stereocenters. The maximum Gasteiger partial charge on any atom is 0.233 e. The number of nitrogens with one attached hydrogen (secondary N) is 1. The summed E-state index contributed by atoms with van der Waals surface area (Å²) in [5.74, 6) is 0.152. The highest BCUT2D eigenvalue weighted by atomic mass is 16.2. The van der Waals surface area contributed by atoms with E-state index in [0.29, 0.717) is 12.5 Å². The van der Waals surface area contributed by atoms with Crippen molar-refractivity contribution in [1.29, 1.82) is 0 Å². The van der Waals surface area contributed by atoms with Crippen LogP contribution < -0.4 is 5.32 Å². The second-order valence-corrected chi connectivity index (χ2v) is 11.4. The van der Waals surface area contributed by atoms with Crippen LogP contribution in [0.2, 0.25) is 0 Å². The summed E-state index contributed by atoms with van der Waals surface area (Å²) in [5, 5.41) is 3.03. The van der Waals surface area contributed by atoms with Gasteiger partial charge >= 0.3 is 0 Å². The molecule has 0 spiro atoms. The molecule has 1 aliphatic rings. The topological polar surface area (TPSA) is 69.7 Å². The number of hydrogen-bond donors (Lipinski definition) is 1. The molecule has 0 radical (unpaired) electrons. The van der Waals surface area contributed by atoms with Gasteiger partial charge in [0.05, 0.1) is 12.8 Å². The van der Waals surface area contributed by atoms with Crippen LogP contribution in [0.3, 0.4) is 0 Å². The number of carbonyl (C=O) groups is 3. The zero-order valence-corrected chi connectivity index (χ0v) is 24.6. The monoisotopic (exact) mass is 553 g/mol. The lowest BCUT2D eigenvalue weighted by atomic mass is 9.86. The molecule has 0 aliphatic carbocycles. The highest BCUT2D eigenvalue weighted by molar-refractivity contribution is 5.97. The molecule has 3 aromatic rings. The minimum absolute atomic E-state index is 0.0353. The number of anilines is 1. The van der Waals surface area contributed by atoms with Crippen LogP contribution in [0.4, 0.5) is 5.69 Å². The van der Waals surface area contributed by atoms with Crippen molar-refractivity contribution in [2.24, 2.45) is 5.92 Å². The fourth-order valence-electron chi connectivity index (χ4n) is 5.48. The van der Waals surface area contributed by atoms with E-state index in [2.05, 4.69) is 29.3 Å². The Morgan fingerprint density at radius 1 is 0.854 bits per heavy atom. The predicted octanol–water partition coefficient (Wildman–Crippen LogP) is 6.00. The minimum Gasteiger partial charge on any atom is -0.326 e. The molecule has 0 saturated carbocycles. The van der Waals surface area contributed by atoms with Gasteiger partial charge in [0.2, 0.25) is 17.7 Å².